The first-order valence-electron chi connectivity index (χ1n) is 9.91. The van der Waals surface area contributed by atoms with E-state index in [1.165, 1.54) is 46.0 Å². The van der Waals surface area contributed by atoms with Crippen LogP contribution in [0.25, 0.3) is 44.4 Å². The van der Waals surface area contributed by atoms with Crippen molar-refractivity contribution in [3.05, 3.63) is 103 Å². The molecule has 0 aliphatic heterocycles. The van der Waals surface area contributed by atoms with Gasteiger partial charge < -0.3 is 0 Å². The number of pyridine rings is 2. The molecule has 5 nitrogen and oxygen atoms in total. The zero-order valence-corrected chi connectivity index (χ0v) is 20.3. The van der Waals surface area contributed by atoms with Gasteiger partial charge in [0.05, 0.1) is 5.52 Å². The summed E-state index contributed by atoms with van der Waals surface area (Å²) in [5.74, 6) is 0. The number of benzene rings is 3. The second-order valence-corrected chi connectivity index (χ2v) is 8.59. The summed E-state index contributed by atoms with van der Waals surface area (Å²) < 4.78 is 29.1. The van der Waals surface area contributed by atoms with E-state index in [0.29, 0.717) is 0 Å². The standard InChI is InChI=1S/C21H12N.C5H5NO3S.Ir/c1-2-7-14(8-3-1)20-13-18-16-10-5-4-9-15(16)17-11-6-12-19(22-20)21(17)18;7-10(8,9)5-3-1-2-4-6-5;/h1-7,9-13H;1-4H,(H,7,8,9);/q-1;;. The van der Waals surface area contributed by atoms with Crippen LogP contribution in [-0.4, -0.2) is 22.9 Å². The maximum absolute atomic E-state index is 10.3. The van der Waals surface area contributed by atoms with Crippen LogP contribution in [0.3, 0.4) is 0 Å². The van der Waals surface area contributed by atoms with E-state index >= 15 is 0 Å². The minimum atomic E-state index is -4.11. The van der Waals surface area contributed by atoms with Crippen molar-refractivity contribution >= 4 is 21.0 Å². The van der Waals surface area contributed by atoms with Crippen molar-refractivity contribution in [1.29, 1.82) is 0 Å². The van der Waals surface area contributed by atoms with Gasteiger partial charge in [-0.1, -0.05) is 48.5 Å². The van der Waals surface area contributed by atoms with Crippen molar-refractivity contribution in [2.75, 3.05) is 0 Å². The van der Waals surface area contributed by atoms with Gasteiger partial charge in [-0.05, 0) is 46.1 Å². The number of fused-ring (bicyclic) bond motifs is 3. The third kappa shape index (κ3) is 4.49. The van der Waals surface area contributed by atoms with E-state index < -0.39 is 10.1 Å². The molecule has 0 saturated carbocycles. The van der Waals surface area contributed by atoms with E-state index in [1.807, 2.05) is 18.2 Å². The summed E-state index contributed by atoms with van der Waals surface area (Å²) in [6, 6.07) is 32.7. The second-order valence-electron chi connectivity index (χ2n) is 7.22. The molecule has 1 aliphatic carbocycles. The van der Waals surface area contributed by atoms with Crippen LogP contribution in [0.2, 0.25) is 0 Å². The smallest absolute Gasteiger partial charge is 0.296 e. The molecule has 2 aromatic heterocycles. The average molecular weight is 630 g/mol. The van der Waals surface area contributed by atoms with Gasteiger partial charge in [-0.3, -0.25) is 9.54 Å². The van der Waals surface area contributed by atoms with Crippen LogP contribution in [0.1, 0.15) is 0 Å². The van der Waals surface area contributed by atoms with E-state index in [4.69, 9.17) is 9.54 Å². The molecule has 0 spiro atoms. The van der Waals surface area contributed by atoms with E-state index in [1.54, 1.807) is 6.07 Å². The van der Waals surface area contributed by atoms with Crippen molar-refractivity contribution in [1.82, 2.24) is 9.97 Å². The topological polar surface area (TPSA) is 80.2 Å². The third-order valence-corrected chi connectivity index (χ3v) is 6.00. The largest absolute Gasteiger partial charge is 0.312 e. The van der Waals surface area contributed by atoms with Crippen molar-refractivity contribution < 1.29 is 33.1 Å². The molecule has 2 heterocycles. The SMILES string of the molecule is O=S(=O)(O)c1ccccn1.[Ir].[c-]1ccccc1-c1cc2c3c(cccc3n1)-c1ccccc1-2. The van der Waals surface area contributed by atoms with Gasteiger partial charge in [0.15, 0.2) is 5.03 Å². The summed E-state index contributed by atoms with van der Waals surface area (Å²) in [7, 11) is -4.11. The Bertz CT molecular complexity index is 1540. The molecule has 1 radical (unpaired) electrons. The molecule has 0 atom stereocenters. The van der Waals surface area contributed by atoms with Gasteiger partial charge in [0.2, 0.25) is 0 Å². The number of nitrogens with zero attached hydrogens (tertiary/aromatic N) is 2. The Balaban J connectivity index is 0.000000201. The summed E-state index contributed by atoms with van der Waals surface area (Å²) in [4.78, 5) is 8.27. The monoisotopic (exact) mass is 630 g/mol. The summed E-state index contributed by atoms with van der Waals surface area (Å²) in [5, 5.41) is 0.943. The van der Waals surface area contributed by atoms with Gasteiger partial charge in [-0.25, -0.2) is 4.98 Å². The van der Waals surface area contributed by atoms with Crippen LogP contribution in [0.15, 0.2) is 102 Å². The Hall–Kier alpha value is -3.22. The minimum Gasteiger partial charge on any atom is -0.296 e. The Morgan fingerprint density at radius 2 is 1.45 bits per heavy atom. The van der Waals surface area contributed by atoms with Gasteiger partial charge in [-0.2, -0.15) is 8.42 Å². The van der Waals surface area contributed by atoms with Gasteiger partial charge >= 0.3 is 10.1 Å². The average Bonchev–Trinajstić information content (AvgIpc) is 3.16. The first-order valence-corrected chi connectivity index (χ1v) is 11.4. The van der Waals surface area contributed by atoms with Crippen molar-refractivity contribution in [2.45, 2.75) is 5.03 Å². The molecule has 0 amide bonds. The van der Waals surface area contributed by atoms with Gasteiger partial charge in [0.25, 0.3) is 0 Å². The maximum atomic E-state index is 10.3. The zero-order chi connectivity index (χ0) is 22.1. The molecular formula is C26H17IrN2O3S-. The molecule has 0 unspecified atom stereocenters. The molecule has 1 aliphatic rings. The fourth-order valence-corrected chi connectivity index (χ4v) is 4.31. The molecule has 3 aromatic carbocycles. The van der Waals surface area contributed by atoms with Crippen LogP contribution in [-0.2, 0) is 30.2 Å². The van der Waals surface area contributed by atoms with Crippen LogP contribution < -0.4 is 0 Å². The van der Waals surface area contributed by atoms with Gasteiger partial charge in [0, 0.05) is 31.7 Å². The second kappa shape index (κ2) is 9.33. The predicted molar refractivity (Wildman–Crippen MR) is 124 cm³/mol. The van der Waals surface area contributed by atoms with E-state index in [0.717, 1.165) is 16.8 Å². The van der Waals surface area contributed by atoms with Crippen molar-refractivity contribution in [3.8, 4) is 33.5 Å². The normalized spacial score (nSPS) is 11.2. The summed E-state index contributed by atoms with van der Waals surface area (Å²) in [6.45, 7) is 0. The number of rotatable bonds is 2. The van der Waals surface area contributed by atoms with Gasteiger partial charge in [-0.15, -0.1) is 35.9 Å². The van der Waals surface area contributed by atoms with Gasteiger partial charge in [0.1, 0.15) is 0 Å². The number of aromatic nitrogens is 2. The Kier molecular flexibility index (Phi) is 6.49. The minimum absolute atomic E-state index is 0. The van der Waals surface area contributed by atoms with Crippen LogP contribution in [0, 0.1) is 6.07 Å². The number of hydrogen-bond donors (Lipinski definition) is 1. The molecule has 1 N–H and O–H groups in total. The Morgan fingerprint density at radius 3 is 2.09 bits per heavy atom. The van der Waals surface area contributed by atoms with E-state index in [2.05, 4.69) is 65.6 Å². The van der Waals surface area contributed by atoms with Crippen LogP contribution >= 0.6 is 0 Å². The fraction of sp³-hybridized carbons (Fsp3) is 0. The van der Waals surface area contributed by atoms with E-state index in [9.17, 15) is 8.42 Å². The summed E-state index contributed by atoms with van der Waals surface area (Å²) >= 11 is 0. The predicted octanol–water partition coefficient (Wildman–Crippen LogP) is 5.68. The molecule has 165 valence electrons. The Morgan fingerprint density at radius 1 is 0.758 bits per heavy atom. The van der Waals surface area contributed by atoms with E-state index in [-0.39, 0.29) is 25.1 Å². The first-order chi connectivity index (χ1) is 15.5. The molecule has 0 bridgehead atoms. The van der Waals surface area contributed by atoms with Crippen molar-refractivity contribution in [2.24, 2.45) is 0 Å². The van der Waals surface area contributed by atoms with Crippen LogP contribution in [0.5, 0.6) is 0 Å². The molecule has 0 fully saturated rings. The zero-order valence-electron chi connectivity index (χ0n) is 17.1. The fourth-order valence-electron chi connectivity index (χ4n) is 3.87. The molecule has 5 aromatic rings. The van der Waals surface area contributed by atoms with Crippen LogP contribution in [0.4, 0.5) is 0 Å². The maximum Gasteiger partial charge on any atom is 0.312 e. The summed E-state index contributed by atoms with van der Waals surface area (Å²) in [5.41, 5.74) is 8.25. The quantitative estimate of drug-likeness (QED) is 0.197. The Labute approximate surface area is 205 Å². The first kappa shape index (κ1) is 23.0. The summed E-state index contributed by atoms with van der Waals surface area (Å²) in [6.07, 6.45) is 1.29. The molecule has 7 heteroatoms. The molecular weight excluding hydrogens is 613 g/mol. The van der Waals surface area contributed by atoms with Crippen molar-refractivity contribution in [3.63, 3.8) is 0 Å². The molecule has 33 heavy (non-hydrogen) atoms. The third-order valence-electron chi connectivity index (χ3n) is 5.23. The molecule has 0 saturated heterocycles. The molecule has 6 rings (SSSR count). The number of hydrogen-bond acceptors (Lipinski definition) is 4.